The van der Waals surface area contributed by atoms with Crippen molar-refractivity contribution in [1.82, 2.24) is 25.3 Å². The van der Waals surface area contributed by atoms with E-state index in [9.17, 15) is 57.6 Å². The van der Waals surface area contributed by atoms with E-state index in [1.807, 2.05) is 0 Å². The average Bonchev–Trinajstić information content (AvgIpc) is 3.21. The maximum Gasteiger partial charge on any atom is 0.549 e. The first-order valence-electron chi connectivity index (χ1n) is 17.7. The van der Waals surface area contributed by atoms with Crippen LogP contribution in [0.3, 0.4) is 0 Å². The van der Waals surface area contributed by atoms with E-state index in [-0.39, 0.29) is 78.7 Å². The molecule has 3 heterocycles. The molecule has 2 saturated heterocycles. The van der Waals surface area contributed by atoms with Gasteiger partial charge in [0.25, 0.3) is 0 Å². The zero-order valence-electron chi connectivity index (χ0n) is 30.7. The highest BCUT2D eigenvalue weighted by molar-refractivity contribution is 6.48. The first-order chi connectivity index (χ1) is 27.9. The van der Waals surface area contributed by atoms with E-state index in [2.05, 4.69) is 22.5 Å². The van der Waals surface area contributed by atoms with Gasteiger partial charge in [0.1, 0.15) is 17.1 Å². The normalized spacial score (nSPS) is 17.6. The van der Waals surface area contributed by atoms with Gasteiger partial charge in [-0.1, -0.05) is 35.8 Å². The molecule has 0 radical (unpaired) electrons. The highest BCUT2D eigenvalue weighted by Gasteiger charge is 2.43. The Kier molecular flexibility index (Phi) is 12.3. The summed E-state index contributed by atoms with van der Waals surface area (Å²) in [5.41, 5.74) is -1.30. The van der Waals surface area contributed by atoms with Crippen LogP contribution in [0.4, 0.5) is 28.4 Å². The van der Waals surface area contributed by atoms with Crippen molar-refractivity contribution >= 4 is 65.9 Å². The molecule has 6 amide bonds. The highest BCUT2D eigenvalue weighted by Crippen LogP contribution is 2.42. The Morgan fingerprint density at radius 2 is 1.64 bits per heavy atom. The molecular weight excluding hydrogens is 831 g/mol. The monoisotopic (exact) mass is 864 g/mol. The minimum absolute atomic E-state index is 0.0546. The molecule has 3 aromatic carbocycles. The maximum absolute atomic E-state index is 14.8. The number of aromatic carboxylic acids is 1. The molecule has 0 spiro atoms. The van der Waals surface area contributed by atoms with Gasteiger partial charge < -0.3 is 55.5 Å². The Balaban J connectivity index is 1.15. The van der Waals surface area contributed by atoms with Crippen LogP contribution in [0.2, 0.25) is 10.0 Å². The van der Waals surface area contributed by atoms with E-state index in [1.165, 1.54) is 35.1 Å². The number of halogens is 5. The van der Waals surface area contributed by atoms with Crippen molar-refractivity contribution in [3.05, 3.63) is 86.8 Å². The lowest BCUT2D eigenvalue weighted by Crippen LogP contribution is -2.62. The number of rotatable bonds is 9. The van der Waals surface area contributed by atoms with Gasteiger partial charge in [0.15, 0.2) is 28.9 Å². The van der Waals surface area contributed by atoms with Gasteiger partial charge in [0.05, 0.1) is 27.7 Å². The number of piperazine rings is 1. The Morgan fingerprint density at radius 1 is 0.949 bits per heavy atom. The summed E-state index contributed by atoms with van der Waals surface area (Å²) < 4.78 is 54.7. The molecule has 3 aliphatic heterocycles. The van der Waals surface area contributed by atoms with Gasteiger partial charge in [-0.25, -0.2) is 27.6 Å². The lowest BCUT2D eigenvalue weighted by Gasteiger charge is -2.41. The number of carbonyl (C=O) groups excluding carboxylic acids is 4. The topological polar surface area (TPSA) is 231 Å². The number of urea groups is 2. The van der Waals surface area contributed by atoms with E-state index in [0.717, 1.165) is 6.07 Å². The van der Waals surface area contributed by atoms with E-state index in [1.54, 1.807) is 0 Å². The Morgan fingerprint density at radius 3 is 2.31 bits per heavy atom. The standard InChI is InChI=1S/C36H34BCl2F3N6O11/c1-15(43-23-13-16-3-5-20(40)24(34(54)55)31(16)59-37(23)58-2)27(18-14-21(41)29(50)30(51)25(18)39)45-36(57)48-12-11-47(32(52)33(48)53)17-7-9-46(10-8-17)35(56)44-22-6-4-19(38)28(49)26(22)42/h3-6,14,17,23,27,43,49-51H,1,7-13H2,2H3,(H,44,56)(H,45,57)(H,54,55). The molecule has 0 saturated carbocycles. The molecule has 7 N–H and O–H groups in total. The number of carboxylic acid groups (broad SMARTS) is 1. The Hall–Kier alpha value is -6.06. The minimum atomic E-state index is -1.60. The Labute approximate surface area is 343 Å². The highest BCUT2D eigenvalue weighted by atomic mass is 35.5. The number of imide groups is 1. The SMILES string of the molecule is C=C(NC1Cc2ccc(F)c(C(=O)O)c2OB1OC)C(NC(=O)N1CCN(C2CCN(C(=O)Nc3ccc(Cl)c(O)c3F)CC2)C(=O)C1=O)c1cc(F)c(O)c(O)c1Cl. The predicted octanol–water partition coefficient (Wildman–Crippen LogP) is 4.12. The zero-order valence-corrected chi connectivity index (χ0v) is 32.2. The number of hydrogen-bond acceptors (Lipinski definition) is 11. The van der Waals surface area contributed by atoms with Gasteiger partial charge in [-0.2, -0.15) is 0 Å². The smallest absolute Gasteiger partial charge is 0.534 e. The maximum atomic E-state index is 14.8. The number of anilines is 1. The predicted molar refractivity (Wildman–Crippen MR) is 203 cm³/mol. The van der Waals surface area contributed by atoms with Crippen LogP contribution in [0.25, 0.3) is 0 Å². The van der Waals surface area contributed by atoms with Crippen LogP contribution in [0.15, 0.2) is 42.6 Å². The van der Waals surface area contributed by atoms with Crippen molar-refractivity contribution < 1.29 is 66.9 Å². The van der Waals surface area contributed by atoms with Crippen LogP contribution in [-0.4, -0.2) is 117 Å². The van der Waals surface area contributed by atoms with Gasteiger partial charge in [-0.15, -0.1) is 0 Å². The van der Waals surface area contributed by atoms with Crippen molar-refractivity contribution in [3.8, 4) is 23.0 Å². The number of phenolic OH excluding ortho intramolecular Hbond substituents is 3. The second-order valence-electron chi connectivity index (χ2n) is 13.6. The van der Waals surface area contributed by atoms with Gasteiger partial charge in [0, 0.05) is 50.6 Å². The van der Waals surface area contributed by atoms with Crippen molar-refractivity contribution in [1.29, 1.82) is 0 Å². The molecule has 0 aromatic heterocycles. The number of aromatic hydroxyl groups is 3. The van der Waals surface area contributed by atoms with Crippen LogP contribution in [0.1, 0.15) is 40.4 Å². The van der Waals surface area contributed by atoms with Crippen LogP contribution < -0.4 is 20.6 Å². The van der Waals surface area contributed by atoms with Crippen LogP contribution in [0, 0.1) is 17.5 Å². The molecule has 3 aliphatic rings. The molecule has 3 aromatic rings. The molecule has 17 nitrogen and oxygen atoms in total. The van der Waals surface area contributed by atoms with E-state index >= 15 is 0 Å². The fourth-order valence-corrected chi connectivity index (χ4v) is 7.47. The molecule has 59 heavy (non-hydrogen) atoms. The number of benzene rings is 3. The van der Waals surface area contributed by atoms with Gasteiger partial charge in [0.2, 0.25) is 0 Å². The summed E-state index contributed by atoms with van der Waals surface area (Å²) >= 11 is 12.0. The zero-order chi connectivity index (χ0) is 43.0. The van der Waals surface area contributed by atoms with E-state index in [4.69, 9.17) is 32.5 Å². The first-order valence-corrected chi connectivity index (χ1v) is 18.4. The van der Waals surface area contributed by atoms with E-state index in [0.29, 0.717) is 11.0 Å². The number of piperidine rings is 1. The fourth-order valence-electron chi connectivity index (χ4n) is 7.07. The molecule has 23 heteroatoms. The lowest BCUT2D eigenvalue weighted by molar-refractivity contribution is -0.156. The number of carbonyl (C=O) groups is 5. The summed E-state index contributed by atoms with van der Waals surface area (Å²) in [5, 5.41) is 46.6. The second-order valence-corrected chi connectivity index (χ2v) is 14.4. The summed E-state index contributed by atoms with van der Waals surface area (Å²) in [6, 6.07) is 1.37. The second kappa shape index (κ2) is 17.0. The van der Waals surface area contributed by atoms with Crippen molar-refractivity contribution in [3.63, 3.8) is 0 Å². The fraction of sp³-hybridized carbons (Fsp3) is 0.306. The summed E-state index contributed by atoms with van der Waals surface area (Å²) in [6.45, 7) is 3.71. The van der Waals surface area contributed by atoms with Crippen LogP contribution in [-0.2, 0) is 20.7 Å². The molecule has 0 aliphatic carbocycles. The number of phenols is 3. The van der Waals surface area contributed by atoms with E-state index < -0.39 is 100 Å². The minimum Gasteiger partial charge on any atom is -0.534 e. The first kappa shape index (κ1) is 42.5. The molecule has 2 atom stereocenters. The molecule has 0 bridgehead atoms. The van der Waals surface area contributed by atoms with Gasteiger partial charge >= 0.3 is 37.0 Å². The van der Waals surface area contributed by atoms with Gasteiger partial charge in [-0.05, 0) is 49.1 Å². The third-order valence-corrected chi connectivity index (χ3v) is 10.8. The molecular formula is C36H34BCl2F3N6O11. The Bertz CT molecular complexity index is 2270. The number of carboxylic acids is 1. The number of amides is 6. The lowest BCUT2D eigenvalue weighted by atomic mass is 9.71. The summed E-state index contributed by atoms with van der Waals surface area (Å²) in [4.78, 5) is 68.5. The number of nitrogens with zero attached hydrogens (tertiary/aromatic N) is 3. The summed E-state index contributed by atoms with van der Waals surface area (Å²) in [5.74, 6) is -11.7. The average molecular weight is 865 g/mol. The summed E-state index contributed by atoms with van der Waals surface area (Å²) in [7, 11) is -0.0674. The number of nitrogens with one attached hydrogen (secondary N) is 3. The number of hydrogen-bond donors (Lipinski definition) is 7. The third kappa shape index (κ3) is 8.30. The quantitative estimate of drug-likeness (QED) is 0.0916. The number of likely N-dealkylation sites (tertiary alicyclic amines) is 1. The molecule has 2 unspecified atom stereocenters. The number of fused-ring (bicyclic) bond motifs is 1. The molecule has 312 valence electrons. The van der Waals surface area contributed by atoms with Crippen molar-refractivity contribution in [2.45, 2.75) is 37.3 Å². The van der Waals surface area contributed by atoms with Crippen molar-refractivity contribution in [2.75, 3.05) is 38.6 Å². The molecule has 2 fully saturated rings. The summed E-state index contributed by atoms with van der Waals surface area (Å²) in [6.07, 6.45) is 0.389. The largest absolute Gasteiger partial charge is 0.549 e. The molecule has 6 rings (SSSR count). The van der Waals surface area contributed by atoms with Crippen molar-refractivity contribution in [2.24, 2.45) is 0 Å². The third-order valence-electron chi connectivity index (χ3n) is 10.1. The van der Waals surface area contributed by atoms with Gasteiger partial charge in [-0.3, -0.25) is 14.5 Å². The van der Waals surface area contributed by atoms with Crippen LogP contribution in [0.5, 0.6) is 23.0 Å². The van der Waals surface area contributed by atoms with Crippen LogP contribution >= 0.6 is 23.2 Å².